The van der Waals surface area contributed by atoms with E-state index in [0.717, 1.165) is 23.3 Å². The van der Waals surface area contributed by atoms with Crippen LogP contribution in [0.3, 0.4) is 0 Å². The van der Waals surface area contributed by atoms with Gasteiger partial charge < -0.3 is 24.0 Å². The number of hydrogen-bond acceptors (Lipinski definition) is 7. The molecule has 1 aromatic heterocycles. The summed E-state index contributed by atoms with van der Waals surface area (Å²) in [5, 5.41) is 1.99. The summed E-state index contributed by atoms with van der Waals surface area (Å²) < 4.78 is 15.6. The van der Waals surface area contributed by atoms with Crippen molar-refractivity contribution in [2.45, 2.75) is 51.6 Å². The highest BCUT2D eigenvalue weighted by Gasteiger charge is 2.34. The Morgan fingerprint density at radius 1 is 1.03 bits per heavy atom. The van der Waals surface area contributed by atoms with Gasteiger partial charge in [-0.1, -0.05) is 12.1 Å². The number of nitrogens with zero attached hydrogens (tertiary/aromatic N) is 2. The SMILES string of the molecule is CCOC(=O)CCC(=O)N(CC(=O)N(CCc1ccc(OC)c(OC)c1)Cc1cccs1)C1CC1. The third-order valence-corrected chi connectivity index (χ3v) is 6.72. The highest BCUT2D eigenvalue weighted by Crippen LogP contribution is 2.29. The van der Waals surface area contributed by atoms with E-state index in [9.17, 15) is 14.4 Å². The minimum atomic E-state index is -0.392. The van der Waals surface area contributed by atoms with Crippen molar-refractivity contribution in [1.29, 1.82) is 0 Å². The van der Waals surface area contributed by atoms with E-state index < -0.39 is 5.97 Å². The van der Waals surface area contributed by atoms with E-state index in [1.807, 2.05) is 35.7 Å². The molecule has 35 heavy (non-hydrogen) atoms. The van der Waals surface area contributed by atoms with Crippen LogP contribution in [0.2, 0.25) is 0 Å². The summed E-state index contributed by atoms with van der Waals surface area (Å²) in [6.07, 6.45) is 2.49. The van der Waals surface area contributed by atoms with Crippen molar-refractivity contribution in [3.05, 3.63) is 46.2 Å². The zero-order chi connectivity index (χ0) is 25.2. The molecule has 0 saturated heterocycles. The van der Waals surface area contributed by atoms with Gasteiger partial charge in [-0.05, 0) is 55.3 Å². The van der Waals surface area contributed by atoms with Gasteiger partial charge in [-0.3, -0.25) is 14.4 Å². The number of carbonyl (C=O) groups excluding carboxylic acids is 3. The molecule has 1 fully saturated rings. The van der Waals surface area contributed by atoms with Crippen molar-refractivity contribution in [2.75, 3.05) is 33.9 Å². The van der Waals surface area contributed by atoms with Gasteiger partial charge in [0.05, 0.1) is 33.8 Å². The lowest BCUT2D eigenvalue weighted by molar-refractivity contribution is -0.146. The molecule has 0 radical (unpaired) electrons. The highest BCUT2D eigenvalue weighted by atomic mass is 32.1. The highest BCUT2D eigenvalue weighted by molar-refractivity contribution is 7.09. The molecule has 2 amide bonds. The van der Waals surface area contributed by atoms with E-state index in [0.29, 0.717) is 31.0 Å². The van der Waals surface area contributed by atoms with Gasteiger partial charge in [0.2, 0.25) is 11.8 Å². The number of esters is 1. The van der Waals surface area contributed by atoms with Crippen LogP contribution in [0.1, 0.15) is 43.0 Å². The van der Waals surface area contributed by atoms with Crippen molar-refractivity contribution in [3.63, 3.8) is 0 Å². The van der Waals surface area contributed by atoms with E-state index in [4.69, 9.17) is 14.2 Å². The van der Waals surface area contributed by atoms with Gasteiger partial charge in [0, 0.05) is 23.9 Å². The summed E-state index contributed by atoms with van der Waals surface area (Å²) in [7, 11) is 3.19. The van der Waals surface area contributed by atoms with E-state index in [1.165, 1.54) is 0 Å². The van der Waals surface area contributed by atoms with Crippen molar-refractivity contribution in [2.24, 2.45) is 0 Å². The Bertz CT molecular complexity index is 990. The number of amides is 2. The van der Waals surface area contributed by atoms with E-state index in [1.54, 1.807) is 42.3 Å². The molecule has 8 nitrogen and oxygen atoms in total. The molecule has 0 unspecified atom stereocenters. The lowest BCUT2D eigenvalue weighted by atomic mass is 10.1. The fourth-order valence-corrected chi connectivity index (χ4v) is 4.54. The van der Waals surface area contributed by atoms with Gasteiger partial charge in [0.15, 0.2) is 11.5 Å². The normalized spacial score (nSPS) is 12.7. The average Bonchev–Trinajstić information content (AvgIpc) is 3.58. The van der Waals surface area contributed by atoms with Crippen LogP contribution in [0.25, 0.3) is 0 Å². The molecule has 1 aliphatic rings. The van der Waals surface area contributed by atoms with Crippen molar-refractivity contribution in [1.82, 2.24) is 9.80 Å². The van der Waals surface area contributed by atoms with Crippen LogP contribution < -0.4 is 9.47 Å². The Morgan fingerprint density at radius 2 is 1.80 bits per heavy atom. The molecule has 0 atom stereocenters. The summed E-state index contributed by atoms with van der Waals surface area (Å²) in [4.78, 5) is 42.5. The predicted molar refractivity (Wildman–Crippen MR) is 134 cm³/mol. The van der Waals surface area contributed by atoms with Crippen LogP contribution in [-0.4, -0.2) is 67.5 Å². The van der Waals surface area contributed by atoms with Gasteiger partial charge in [-0.2, -0.15) is 0 Å². The van der Waals surface area contributed by atoms with Crippen LogP contribution in [-0.2, 0) is 32.1 Å². The Balaban J connectivity index is 1.67. The Morgan fingerprint density at radius 3 is 2.43 bits per heavy atom. The fraction of sp³-hybridized carbons (Fsp3) is 0.500. The van der Waals surface area contributed by atoms with Crippen LogP contribution in [0, 0.1) is 0 Å². The first-order valence-electron chi connectivity index (χ1n) is 11.9. The molecule has 1 aliphatic carbocycles. The minimum absolute atomic E-state index is 0.0175. The molecule has 0 aliphatic heterocycles. The van der Waals surface area contributed by atoms with Gasteiger partial charge >= 0.3 is 5.97 Å². The molecule has 0 bridgehead atoms. The van der Waals surface area contributed by atoms with Crippen molar-refractivity contribution < 1.29 is 28.6 Å². The number of hydrogen-bond donors (Lipinski definition) is 0. The Labute approximate surface area is 210 Å². The van der Waals surface area contributed by atoms with Crippen molar-refractivity contribution >= 4 is 29.1 Å². The van der Waals surface area contributed by atoms with Crippen LogP contribution >= 0.6 is 11.3 Å². The zero-order valence-electron chi connectivity index (χ0n) is 20.7. The van der Waals surface area contributed by atoms with E-state index in [-0.39, 0.29) is 43.8 Å². The fourth-order valence-electron chi connectivity index (χ4n) is 3.82. The second-order valence-corrected chi connectivity index (χ2v) is 9.42. The van der Waals surface area contributed by atoms with Crippen molar-refractivity contribution in [3.8, 4) is 11.5 Å². The maximum Gasteiger partial charge on any atom is 0.306 e. The van der Waals surface area contributed by atoms with Gasteiger partial charge in [0.25, 0.3) is 0 Å². The number of benzene rings is 1. The number of thiophene rings is 1. The summed E-state index contributed by atoms with van der Waals surface area (Å²) in [6, 6.07) is 9.78. The molecule has 9 heteroatoms. The van der Waals surface area contributed by atoms with Gasteiger partial charge in [0.1, 0.15) is 6.54 Å². The van der Waals surface area contributed by atoms with Gasteiger partial charge in [-0.15, -0.1) is 11.3 Å². The summed E-state index contributed by atoms with van der Waals surface area (Å²) in [6.45, 7) is 3.03. The number of methoxy groups -OCH3 is 2. The lowest BCUT2D eigenvalue weighted by Crippen LogP contribution is -2.44. The third-order valence-electron chi connectivity index (χ3n) is 5.86. The first-order chi connectivity index (χ1) is 16.9. The quantitative estimate of drug-likeness (QED) is 0.367. The molecule has 1 saturated carbocycles. The molecule has 1 aromatic carbocycles. The molecule has 0 spiro atoms. The van der Waals surface area contributed by atoms with Gasteiger partial charge in [-0.25, -0.2) is 0 Å². The molecular weight excluding hydrogens is 468 g/mol. The van der Waals surface area contributed by atoms with E-state index >= 15 is 0 Å². The van der Waals surface area contributed by atoms with Crippen LogP contribution in [0.5, 0.6) is 11.5 Å². The topological polar surface area (TPSA) is 85.4 Å². The second-order valence-electron chi connectivity index (χ2n) is 8.39. The molecule has 0 N–H and O–H groups in total. The maximum atomic E-state index is 13.4. The maximum absolute atomic E-state index is 13.4. The Kier molecular flexibility index (Phi) is 9.96. The first kappa shape index (κ1) is 26.5. The average molecular weight is 503 g/mol. The second kappa shape index (κ2) is 13.1. The molecule has 190 valence electrons. The first-order valence-corrected chi connectivity index (χ1v) is 12.8. The van der Waals surface area contributed by atoms with Crippen LogP contribution in [0.4, 0.5) is 0 Å². The number of rotatable bonds is 14. The molecular formula is C26H34N2O6S. The summed E-state index contributed by atoms with van der Waals surface area (Å²) in [5.41, 5.74) is 1.02. The van der Waals surface area contributed by atoms with Crippen LogP contribution in [0.15, 0.2) is 35.7 Å². The minimum Gasteiger partial charge on any atom is -0.493 e. The molecule has 2 aromatic rings. The number of carbonyl (C=O) groups is 3. The number of ether oxygens (including phenoxy) is 3. The van der Waals surface area contributed by atoms with E-state index in [2.05, 4.69) is 0 Å². The summed E-state index contributed by atoms with van der Waals surface area (Å²) in [5.74, 6) is 0.634. The third kappa shape index (κ3) is 7.99. The molecule has 1 heterocycles. The standard InChI is InChI=1S/C26H34N2O6S/c1-4-34-26(31)12-11-24(29)28(20-8-9-20)18-25(30)27(17-21-6-5-15-35-21)14-13-19-7-10-22(32-2)23(16-19)33-3/h5-7,10,15-16,20H,4,8-9,11-14,17-18H2,1-3H3. The Hall–Kier alpha value is -3.07. The smallest absolute Gasteiger partial charge is 0.306 e. The zero-order valence-corrected chi connectivity index (χ0v) is 21.5. The predicted octanol–water partition coefficient (Wildman–Crippen LogP) is 3.67. The largest absolute Gasteiger partial charge is 0.493 e. The lowest BCUT2D eigenvalue weighted by Gasteiger charge is -2.28. The summed E-state index contributed by atoms with van der Waals surface area (Å²) >= 11 is 1.60. The monoisotopic (exact) mass is 502 g/mol. The molecule has 3 rings (SSSR count).